The van der Waals surface area contributed by atoms with Crippen LogP contribution in [0.25, 0.3) is 0 Å². The Morgan fingerprint density at radius 2 is 2.40 bits per heavy atom. The molecule has 1 aliphatic heterocycles. The van der Waals surface area contributed by atoms with E-state index in [2.05, 4.69) is 18.8 Å². The molecule has 2 heteroatoms. The monoisotopic (exact) mass is 141 g/mol. The third-order valence-corrected chi connectivity index (χ3v) is 1.66. The van der Waals surface area contributed by atoms with Gasteiger partial charge in [0.15, 0.2) is 0 Å². The van der Waals surface area contributed by atoms with E-state index in [0.29, 0.717) is 12.3 Å². The van der Waals surface area contributed by atoms with Gasteiger partial charge in [0.2, 0.25) is 0 Å². The largest absolute Gasteiger partial charge is 0.266 e. The summed E-state index contributed by atoms with van der Waals surface area (Å²) in [4.78, 5) is 3.80. The number of nitrogens with zero attached hydrogens (tertiary/aromatic N) is 1. The highest BCUT2D eigenvalue weighted by atomic mass is 19.1. The summed E-state index contributed by atoms with van der Waals surface area (Å²) in [5.74, 6) is 0.427. The topological polar surface area (TPSA) is 12.4 Å². The molecule has 0 aromatic carbocycles. The van der Waals surface area contributed by atoms with Crippen LogP contribution in [-0.4, -0.2) is 12.4 Å². The molecule has 0 saturated carbocycles. The average molecular weight is 141 g/mol. The number of allylic oxidation sites excluding steroid dienone is 1. The Hall–Kier alpha value is -0.660. The van der Waals surface area contributed by atoms with Crippen LogP contribution in [0.2, 0.25) is 0 Å². The first-order chi connectivity index (χ1) is 4.70. The molecule has 1 atom stereocenters. The van der Waals surface area contributed by atoms with E-state index in [1.807, 2.05) is 0 Å². The van der Waals surface area contributed by atoms with Gasteiger partial charge in [-0.25, -0.2) is 4.39 Å². The highest BCUT2D eigenvalue weighted by Gasteiger charge is 2.12. The Labute approximate surface area is 60.7 Å². The first kappa shape index (κ1) is 7.45. The van der Waals surface area contributed by atoms with E-state index in [1.165, 1.54) is 6.21 Å². The lowest BCUT2D eigenvalue weighted by atomic mass is 9.98. The molecule has 0 fully saturated rings. The van der Waals surface area contributed by atoms with Gasteiger partial charge in [-0.3, -0.25) is 4.99 Å². The molecule has 1 aliphatic rings. The lowest BCUT2D eigenvalue weighted by Crippen LogP contribution is -2.09. The molecule has 0 aliphatic carbocycles. The summed E-state index contributed by atoms with van der Waals surface area (Å²) in [6.07, 6.45) is 2.79. The minimum Gasteiger partial charge on any atom is -0.266 e. The number of hydrogen-bond acceptors (Lipinski definition) is 1. The summed E-state index contributed by atoms with van der Waals surface area (Å²) in [7, 11) is 0. The van der Waals surface area contributed by atoms with Crippen LogP contribution in [0.15, 0.2) is 16.8 Å². The summed E-state index contributed by atoms with van der Waals surface area (Å²) in [5, 5.41) is 0. The Bertz CT molecular complexity index is 170. The van der Waals surface area contributed by atoms with Crippen molar-refractivity contribution < 1.29 is 4.39 Å². The maximum absolute atomic E-state index is 12.6. The van der Waals surface area contributed by atoms with Crippen LogP contribution >= 0.6 is 0 Å². The van der Waals surface area contributed by atoms with Crippen LogP contribution in [0, 0.1) is 5.92 Å². The Morgan fingerprint density at radius 3 is 2.80 bits per heavy atom. The molecular weight excluding hydrogens is 129 g/mol. The Balaban J connectivity index is 2.61. The molecule has 0 spiro atoms. The summed E-state index contributed by atoms with van der Waals surface area (Å²) in [5.41, 5.74) is 1.11. The van der Waals surface area contributed by atoms with E-state index in [1.54, 1.807) is 6.20 Å². The minimum absolute atomic E-state index is 0.427. The van der Waals surface area contributed by atoms with Crippen LogP contribution in [0.1, 0.15) is 20.3 Å². The van der Waals surface area contributed by atoms with Gasteiger partial charge >= 0.3 is 0 Å². The van der Waals surface area contributed by atoms with E-state index >= 15 is 0 Å². The number of aliphatic imine (C=N–C) groups is 1. The second-order valence-electron chi connectivity index (χ2n) is 2.88. The maximum Gasteiger partial charge on any atom is 0.139 e. The molecule has 0 aromatic heterocycles. The van der Waals surface area contributed by atoms with E-state index in [-0.39, 0.29) is 0 Å². The fraction of sp³-hybridized carbons (Fsp3) is 0.625. The van der Waals surface area contributed by atoms with Crippen molar-refractivity contribution in [2.24, 2.45) is 10.9 Å². The predicted octanol–water partition coefficient (Wildman–Crippen LogP) is 2.34. The van der Waals surface area contributed by atoms with Crippen molar-refractivity contribution in [2.45, 2.75) is 26.4 Å². The molecule has 0 aromatic rings. The van der Waals surface area contributed by atoms with Crippen LogP contribution in [0.4, 0.5) is 4.39 Å². The number of rotatable bonds is 1. The van der Waals surface area contributed by atoms with Crippen LogP contribution in [0.3, 0.4) is 0 Å². The summed E-state index contributed by atoms with van der Waals surface area (Å²) >= 11 is 0. The standard InChI is InChI=1S/C8H12FN/c1-6(2)7-3-8(9)5-10-4-7/h4-6,8H,3H2,1-2H3. The fourth-order valence-electron chi connectivity index (χ4n) is 0.948. The number of hydrogen-bond donors (Lipinski definition) is 0. The molecule has 1 nitrogen and oxygen atoms in total. The average Bonchev–Trinajstić information content (AvgIpc) is 1.88. The van der Waals surface area contributed by atoms with Gasteiger partial charge in [0.25, 0.3) is 0 Å². The fourth-order valence-corrected chi connectivity index (χ4v) is 0.948. The molecule has 1 heterocycles. The van der Waals surface area contributed by atoms with Crippen molar-refractivity contribution in [3.05, 3.63) is 11.8 Å². The van der Waals surface area contributed by atoms with Gasteiger partial charge in [0.05, 0.1) is 0 Å². The predicted molar refractivity (Wildman–Crippen MR) is 40.9 cm³/mol. The lowest BCUT2D eigenvalue weighted by molar-refractivity contribution is 0.414. The molecule has 1 unspecified atom stereocenters. The quantitative estimate of drug-likeness (QED) is 0.531. The Morgan fingerprint density at radius 1 is 1.70 bits per heavy atom. The van der Waals surface area contributed by atoms with Crippen LogP contribution in [0.5, 0.6) is 0 Å². The molecule has 0 radical (unpaired) electrons. The van der Waals surface area contributed by atoms with Crippen molar-refractivity contribution in [3.8, 4) is 0 Å². The normalized spacial score (nSPS) is 25.2. The Kier molecular flexibility index (Phi) is 2.20. The molecule has 0 saturated heterocycles. The third kappa shape index (κ3) is 1.66. The third-order valence-electron chi connectivity index (χ3n) is 1.66. The summed E-state index contributed by atoms with van der Waals surface area (Å²) in [6, 6.07) is 0. The van der Waals surface area contributed by atoms with Gasteiger partial charge in [-0.15, -0.1) is 0 Å². The molecule has 56 valence electrons. The summed E-state index contributed by atoms with van der Waals surface area (Å²) in [6.45, 7) is 4.11. The molecule has 0 bridgehead atoms. The maximum atomic E-state index is 12.6. The molecular formula is C8H12FN. The van der Waals surface area contributed by atoms with Crippen molar-refractivity contribution in [3.63, 3.8) is 0 Å². The van der Waals surface area contributed by atoms with Gasteiger partial charge in [0.1, 0.15) is 6.17 Å². The number of alkyl halides is 1. The van der Waals surface area contributed by atoms with Crippen molar-refractivity contribution in [1.29, 1.82) is 0 Å². The van der Waals surface area contributed by atoms with E-state index < -0.39 is 6.17 Å². The van der Waals surface area contributed by atoms with E-state index in [0.717, 1.165) is 5.57 Å². The zero-order chi connectivity index (χ0) is 7.56. The summed E-state index contributed by atoms with van der Waals surface area (Å²) < 4.78 is 12.6. The zero-order valence-corrected chi connectivity index (χ0v) is 6.34. The van der Waals surface area contributed by atoms with Crippen molar-refractivity contribution >= 4 is 6.21 Å². The minimum atomic E-state index is -0.859. The molecule has 1 rings (SSSR count). The first-order valence-electron chi connectivity index (χ1n) is 3.56. The van der Waals surface area contributed by atoms with Gasteiger partial charge < -0.3 is 0 Å². The number of halogens is 1. The van der Waals surface area contributed by atoms with E-state index in [9.17, 15) is 4.39 Å². The SMILES string of the molecule is CC(C)C1=CN=CC(F)C1. The lowest BCUT2D eigenvalue weighted by Gasteiger charge is -2.13. The molecule has 10 heavy (non-hydrogen) atoms. The molecule has 0 N–H and O–H groups in total. The highest BCUT2D eigenvalue weighted by Crippen LogP contribution is 2.19. The van der Waals surface area contributed by atoms with Crippen molar-refractivity contribution in [2.75, 3.05) is 0 Å². The smallest absolute Gasteiger partial charge is 0.139 e. The van der Waals surface area contributed by atoms with Gasteiger partial charge in [-0.1, -0.05) is 13.8 Å². The first-order valence-corrected chi connectivity index (χ1v) is 3.56. The second kappa shape index (κ2) is 2.95. The molecule has 0 amide bonds. The highest BCUT2D eigenvalue weighted by molar-refractivity contribution is 5.65. The van der Waals surface area contributed by atoms with Crippen LogP contribution in [-0.2, 0) is 0 Å². The second-order valence-corrected chi connectivity index (χ2v) is 2.88. The van der Waals surface area contributed by atoms with Crippen molar-refractivity contribution in [1.82, 2.24) is 0 Å². The van der Waals surface area contributed by atoms with Gasteiger partial charge in [-0.2, -0.15) is 0 Å². The van der Waals surface area contributed by atoms with Gasteiger partial charge in [-0.05, 0) is 11.5 Å². The zero-order valence-electron chi connectivity index (χ0n) is 6.34. The van der Waals surface area contributed by atoms with Gasteiger partial charge in [0, 0.05) is 18.8 Å². The van der Waals surface area contributed by atoms with E-state index in [4.69, 9.17) is 0 Å². The van der Waals surface area contributed by atoms with Crippen LogP contribution < -0.4 is 0 Å².